The fourth-order valence-corrected chi connectivity index (χ4v) is 4.09. The number of hydrogen-bond acceptors (Lipinski definition) is 7. The van der Waals surface area contributed by atoms with E-state index in [-0.39, 0.29) is 5.97 Å². The highest BCUT2D eigenvalue weighted by molar-refractivity contribution is 7.92. The van der Waals surface area contributed by atoms with E-state index in [1.165, 1.54) is 0 Å². The summed E-state index contributed by atoms with van der Waals surface area (Å²) in [6.45, 7) is 5.54. The van der Waals surface area contributed by atoms with Crippen molar-refractivity contribution in [3.63, 3.8) is 0 Å². The number of sulfonamides is 1. The summed E-state index contributed by atoms with van der Waals surface area (Å²) in [4.78, 5) is 15.2. The number of nitrogens with one attached hydrogen (secondary N) is 4. The van der Waals surface area contributed by atoms with Gasteiger partial charge in [0.2, 0.25) is 10.0 Å². The molecule has 3 rings (SSSR count). The molecule has 1 aromatic heterocycles. The van der Waals surface area contributed by atoms with Crippen LogP contribution in [0.4, 0.5) is 11.4 Å². The molecule has 2 aromatic carbocycles. The zero-order valence-electron chi connectivity index (χ0n) is 18.9. The summed E-state index contributed by atoms with van der Waals surface area (Å²) in [7, 11) is -3.37. The van der Waals surface area contributed by atoms with Crippen molar-refractivity contribution in [1.82, 2.24) is 10.3 Å². The van der Waals surface area contributed by atoms with Gasteiger partial charge in [-0.3, -0.25) is 4.72 Å². The summed E-state index contributed by atoms with van der Waals surface area (Å²) in [5.74, 6) is -0.360. The number of aliphatic hydroxyl groups excluding tert-OH is 1. The van der Waals surface area contributed by atoms with E-state index in [4.69, 9.17) is 4.74 Å². The first-order valence-corrected chi connectivity index (χ1v) is 12.6. The number of benzene rings is 2. The van der Waals surface area contributed by atoms with Gasteiger partial charge >= 0.3 is 5.97 Å². The molecule has 0 unspecified atom stereocenters. The summed E-state index contributed by atoms with van der Waals surface area (Å²) in [5, 5.41) is 17.8. The molecule has 0 bridgehead atoms. The minimum absolute atomic E-state index is 0.321. The van der Waals surface area contributed by atoms with Gasteiger partial charge in [-0.15, -0.1) is 0 Å². The number of rotatable bonds is 11. The van der Waals surface area contributed by atoms with Crippen LogP contribution in [0.3, 0.4) is 0 Å². The predicted octanol–water partition coefficient (Wildman–Crippen LogP) is 2.76. The van der Waals surface area contributed by atoms with Gasteiger partial charge in [-0.25, -0.2) is 13.2 Å². The van der Waals surface area contributed by atoms with E-state index in [0.717, 1.165) is 28.4 Å². The van der Waals surface area contributed by atoms with E-state index in [2.05, 4.69) is 20.3 Å². The second kappa shape index (κ2) is 10.7. The molecule has 10 heteroatoms. The molecule has 0 saturated heterocycles. The Bertz CT molecular complexity index is 1220. The Morgan fingerprint density at radius 2 is 1.94 bits per heavy atom. The molecule has 0 amide bonds. The summed E-state index contributed by atoms with van der Waals surface area (Å²) in [6.07, 6.45) is 0.310. The second-order valence-electron chi connectivity index (χ2n) is 7.75. The predicted molar refractivity (Wildman–Crippen MR) is 130 cm³/mol. The molecule has 0 aliphatic carbocycles. The van der Waals surface area contributed by atoms with E-state index < -0.39 is 16.1 Å². The normalized spacial score (nSPS) is 12.5. The Morgan fingerprint density at radius 3 is 2.67 bits per heavy atom. The molecule has 0 fully saturated rings. The maximum absolute atomic E-state index is 12.1. The molecule has 0 spiro atoms. The van der Waals surface area contributed by atoms with E-state index in [9.17, 15) is 18.3 Å². The first kappa shape index (κ1) is 24.6. The van der Waals surface area contributed by atoms with Crippen LogP contribution in [0.25, 0.3) is 10.9 Å². The average molecular weight is 475 g/mol. The van der Waals surface area contributed by atoms with Gasteiger partial charge in [-0.05, 0) is 49.2 Å². The van der Waals surface area contributed by atoms with E-state index in [1.54, 1.807) is 31.2 Å². The topological polar surface area (TPSA) is 133 Å². The summed E-state index contributed by atoms with van der Waals surface area (Å²) >= 11 is 0. The van der Waals surface area contributed by atoms with Gasteiger partial charge in [-0.2, -0.15) is 0 Å². The number of ether oxygens (including phenoxy) is 1. The third-order valence-corrected chi connectivity index (χ3v) is 5.69. The van der Waals surface area contributed by atoms with Gasteiger partial charge in [0.15, 0.2) is 0 Å². The van der Waals surface area contributed by atoms with Crippen LogP contribution in [0.15, 0.2) is 42.5 Å². The minimum atomic E-state index is -3.37. The molecule has 1 atom stereocenters. The molecule has 0 aliphatic heterocycles. The number of aryl methyl sites for hydroxylation is 1. The molecule has 9 nitrogen and oxygen atoms in total. The van der Waals surface area contributed by atoms with Crippen molar-refractivity contribution in [2.24, 2.45) is 0 Å². The molecular formula is C23H30N4O5S. The van der Waals surface area contributed by atoms with Crippen LogP contribution in [-0.4, -0.2) is 57.0 Å². The Balaban J connectivity index is 1.50. The molecule has 33 heavy (non-hydrogen) atoms. The van der Waals surface area contributed by atoms with Crippen LogP contribution < -0.4 is 15.4 Å². The SMILES string of the molecule is CCOC(=O)c1[nH]c2cc(NCCNC[C@H](O)c3cccc(NS(C)(=O)=O)c3)ccc2c1C. The summed E-state index contributed by atoms with van der Waals surface area (Å²) < 4.78 is 30.2. The number of carbonyl (C=O) groups excluding carboxylic acids is 1. The highest BCUT2D eigenvalue weighted by Gasteiger charge is 2.16. The second-order valence-corrected chi connectivity index (χ2v) is 9.50. The van der Waals surface area contributed by atoms with Crippen molar-refractivity contribution in [3.8, 4) is 0 Å². The zero-order chi connectivity index (χ0) is 24.0. The van der Waals surface area contributed by atoms with Crippen LogP contribution in [0.1, 0.15) is 34.6 Å². The van der Waals surface area contributed by atoms with E-state index in [1.807, 2.05) is 25.1 Å². The lowest BCUT2D eigenvalue weighted by Gasteiger charge is -2.14. The minimum Gasteiger partial charge on any atom is -0.461 e. The Morgan fingerprint density at radius 1 is 1.15 bits per heavy atom. The number of aliphatic hydroxyl groups is 1. The van der Waals surface area contributed by atoms with Crippen molar-refractivity contribution in [3.05, 3.63) is 59.3 Å². The molecule has 5 N–H and O–H groups in total. The molecule has 178 valence electrons. The van der Waals surface area contributed by atoms with E-state index in [0.29, 0.717) is 43.2 Å². The van der Waals surface area contributed by atoms with Gasteiger partial charge in [0.1, 0.15) is 5.69 Å². The first-order valence-electron chi connectivity index (χ1n) is 10.7. The van der Waals surface area contributed by atoms with Crippen molar-refractivity contribution >= 4 is 38.3 Å². The van der Waals surface area contributed by atoms with Crippen molar-refractivity contribution < 1.29 is 23.1 Å². The zero-order valence-corrected chi connectivity index (χ0v) is 19.8. The molecule has 0 saturated carbocycles. The number of carbonyl (C=O) groups is 1. The lowest BCUT2D eigenvalue weighted by molar-refractivity contribution is 0.0519. The van der Waals surface area contributed by atoms with Crippen LogP contribution >= 0.6 is 0 Å². The Kier molecular flexibility index (Phi) is 7.96. The third kappa shape index (κ3) is 6.70. The summed E-state index contributed by atoms with van der Waals surface area (Å²) in [5.41, 5.74) is 4.12. The summed E-state index contributed by atoms with van der Waals surface area (Å²) in [6, 6.07) is 12.5. The lowest BCUT2D eigenvalue weighted by atomic mass is 10.1. The number of fused-ring (bicyclic) bond motifs is 1. The van der Waals surface area contributed by atoms with Crippen LogP contribution in [0, 0.1) is 6.92 Å². The largest absolute Gasteiger partial charge is 0.461 e. The fraction of sp³-hybridized carbons (Fsp3) is 0.348. The maximum Gasteiger partial charge on any atom is 0.355 e. The first-order chi connectivity index (χ1) is 15.7. The van der Waals surface area contributed by atoms with Crippen LogP contribution in [0.2, 0.25) is 0 Å². The molecule has 0 aliphatic rings. The van der Waals surface area contributed by atoms with Gasteiger partial charge in [0.25, 0.3) is 0 Å². The number of H-pyrrole nitrogens is 1. The monoisotopic (exact) mass is 474 g/mol. The van der Waals surface area contributed by atoms with Crippen molar-refractivity contribution in [2.45, 2.75) is 20.0 Å². The van der Waals surface area contributed by atoms with Gasteiger partial charge in [0.05, 0.1) is 19.0 Å². The standard InChI is InChI=1S/C23H30N4O5S/c1-4-32-23(29)22-15(2)19-9-8-17(13-20(19)26-22)25-11-10-24-14-21(28)16-6-5-7-18(12-16)27-33(3,30)31/h5-9,12-13,21,24-28H,4,10-11,14H2,1-3H3/t21-/m0/s1. The Labute approximate surface area is 193 Å². The number of hydrogen-bond donors (Lipinski definition) is 5. The van der Waals surface area contributed by atoms with Crippen LogP contribution in [0.5, 0.6) is 0 Å². The van der Waals surface area contributed by atoms with Gasteiger partial charge < -0.3 is 25.5 Å². The number of aromatic nitrogens is 1. The molecule has 1 heterocycles. The molecule has 0 radical (unpaired) electrons. The van der Waals surface area contributed by atoms with Crippen molar-refractivity contribution in [2.75, 3.05) is 42.5 Å². The van der Waals surface area contributed by atoms with E-state index >= 15 is 0 Å². The third-order valence-electron chi connectivity index (χ3n) is 5.08. The molecular weight excluding hydrogens is 444 g/mol. The smallest absolute Gasteiger partial charge is 0.355 e. The number of aromatic amines is 1. The highest BCUT2D eigenvalue weighted by Crippen LogP contribution is 2.25. The lowest BCUT2D eigenvalue weighted by Crippen LogP contribution is -2.27. The quantitative estimate of drug-likeness (QED) is 0.213. The van der Waals surface area contributed by atoms with Crippen molar-refractivity contribution in [1.29, 1.82) is 0 Å². The van der Waals surface area contributed by atoms with Crippen LogP contribution in [-0.2, 0) is 14.8 Å². The maximum atomic E-state index is 12.1. The van der Waals surface area contributed by atoms with Gasteiger partial charge in [0, 0.05) is 41.9 Å². The molecule has 3 aromatic rings. The average Bonchev–Trinajstić information content (AvgIpc) is 3.08. The number of esters is 1. The fourth-order valence-electron chi connectivity index (χ4n) is 3.53. The number of anilines is 2. The van der Waals surface area contributed by atoms with Gasteiger partial charge in [-0.1, -0.05) is 18.2 Å². The highest BCUT2D eigenvalue weighted by atomic mass is 32.2. The Hall–Kier alpha value is -3.08.